The number of ether oxygens (including phenoxy) is 3. The van der Waals surface area contributed by atoms with Gasteiger partial charge in [-0.1, -0.05) is 50.2 Å². The van der Waals surface area contributed by atoms with E-state index in [0.717, 1.165) is 5.56 Å². The molecule has 0 unspecified atom stereocenters. The van der Waals surface area contributed by atoms with Crippen molar-refractivity contribution in [1.29, 1.82) is 5.26 Å². The maximum atomic E-state index is 14.1. The van der Waals surface area contributed by atoms with E-state index in [1.54, 1.807) is 6.07 Å². The lowest BCUT2D eigenvalue weighted by Crippen LogP contribution is -2.52. The summed E-state index contributed by atoms with van der Waals surface area (Å²) in [7, 11) is -4.21. The van der Waals surface area contributed by atoms with Crippen molar-refractivity contribution in [1.82, 2.24) is 9.62 Å². The summed E-state index contributed by atoms with van der Waals surface area (Å²) < 4.78 is 46.2. The lowest BCUT2D eigenvalue weighted by molar-refractivity contribution is -0.114. The Morgan fingerprint density at radius 1 is 1.18 bits per heavy atom. The van der Waals surface area contributed by atoms with Gasteiger partial charge < -0.3 is 30.0 Å². The fourth-order valence-electron chi connectivity index (χ4n) is 5.64. The van der Waals surface area contributed by atoms with Gasteiger partial charge in [-0.05, 0) is 48.4 Å². The minimum atomic E-state index is -4.21. The number of aliphatic hydroxyl groups is 1. The second-order valence-corrected chi connectivity index (χ2v) is 14.2. The summed E-state index contributed by atoms with van der Waals surface area (Å²) in [5, 5.41) is 26.2. The number of carbonyl (C=O) groups is 2. The van der Waals surface area contributed by atoms with E-state index in [1.165, 1.54) is 29.4 Å². The summed E-state index contributed by atoms with van der Waals surface area (Å²) in [4.78, 5) is 24.7. The maximum Gasteiger partial charge on any atom is 0.407 e. The summed E-state index contributed by atoms with van der Waals surface area (Å²) in [6.45, 7) is 5.40. The number of benzene rings is 2. The molecule has 2 fully saturated rings. The number of hydrogen-bond donors (Lipinski definition) is 3. The fourth-order valence-corrected chi connectivity index (χ4v) is 7.34. The molecule has 0 saturated carbocycles. The molecule has 2 aliphatic heterocycles. The van der Waals surface area contributed by atoms with E-state index in [9.17, 15) is 28.4 Å². The van der Waals surface area contributed by atoms with Gasteiger partial charge in [-0.25, -0.2) is 13.2 Å². The van der Waals surface area contributed by atoms with Gasteiger partial charge in [0.2, 0.25) is 15.9 Å². The predicted molar refractivity (Wildman–Crippen MR) is 165 cm³/mol. The number of carbonyl (C=O) groups excluding carboxylic acids is 2. The highest BCUT2D eigenvalue weighted by molar-refractivity contribution is 7.89. The summed E-state index contributed by atoms with van der Waals surface area (Å²) in [5.41, 5.74) is 0.508. The highest BCUT2D eigenvalue weighted by Gasteiger charge is 2.44. The smallest absolute Gasteiger partial charge is 0.407 e. The van der Waals surface area contributed by atoms with Gasteiger partial charge in [-0.15, -0.1) is 0 Å². The van der Waals surface area contributed by atoms with Gasteiger partial charge in [0.25, 0.3) is 0 Å². The van der Waals surface area contributed by atoms with Crippen molar-refractivity contribution in [3.8, 4) is 6.07 Å². The molecule has 0 bridgehead atoms. The fraction of sp³-hybridized carbons (Fsp3) is 0.531. The number of anilines is 1. The Hall–Kier alpha value is -3.54. The van der Waals surface area contributed by atoms with Crippen LogP contribution in [0.4, 0.5) is 10.5 Å². The van der Waals surface area contributed by atoms with Gasteiger partial charge in [0.15, 0.2) is 6.29 Å². The van der Waals surface area contributed by atoms with Crippen molar-refractivity contribution in [3.63, 3.8) is 0 Å². The molecule has 2 aliphatic rings. The van der Waals surface area contributed by atoms with Gasteiger partial charge >= 0.3 is 6.09 Å². The van der Waals surface area contributed by atoms with Crippen LogP contribution in [0, 0.1) is 22.7 Å². The van der Waals surface area contributed by atoms with Crippen molar-refractivity contribution in [3.05, 3.63) is 60.2 Å². The van der Waals surface area contributed by atoms with Crippen LogP contribution in [-0.2, 0) is 35.4 Å². The average Bonchev–Trinajstić information content (AvgIpc) is 3.61. The number of nitrogens with one attached hydrogen (secondary N) is 2. The first-order chi connectivity index (χ1) is 21.4. The number of aliphatic hydroxyl groups excluding tert-OH is 1. The van der Waals surface area contributed by atoms with Crippen molar-refractivity contribution in [2.24, 2.45) is 11.3 Å². The minimum Gasteiger partial charge on any atom is -0.443 e. The lowest BCUT2D eigenvalue weighted by atomic mass is 9.88. The summed E-state index contributed by atoms with van der Waals surface area (Å²) in [6, 6.07) is 16.3. The predicted octanol–water partition coefficient (Wildman–Crippen LogP) is 3.43. The Bertz CT molecular complexity index is 1460. The van der Waals surface area contributed by atoms with Crippen LogP contribution in [0.2, 0.25) is 0 Å². The highest BCUT2D eigenvalue weighted by Crippen LogP contribution is 2.33. The highest BCUT2D eigenvalue weighted by atomic mass is 32.2. The minimum absolute atomic E-state index is 0.0105. The van der Waals surface area contributed by atoms with E-state index >= 15 is 0 Å². The van der Waals surface area contributed by atoms with E-state index in [-0.39, 0.29) is 49.3 Å². The summed E-state index contributed by atoms with van der Waals surface area (Å²) in [6.07, 6.45) is -1.44. The summed E-state index contributed by atoms with van der Waals surface area (Å²) in [5.74, 6) is -0.422. The first-order valence-corrected chi connectivity index (χ1v) is 16.5. The summed E-state index contributed by atoms with van der Waals surface area (Å²) >= 11 is 0. The van der Waals surface area contributed by atoms with Gasteiger partial charge in [-0.2, -0.15) is 9.57 Å². The Kier molecular flexibility index (Phi) is 11.6. The molecule has 0 aromatic heterocycles. The average molecular weight is 643 g/mol. The Morgan fingerprint density at radius 3 is 2.64 bits per heavy atom. The van der Waals surface area contributed by atoms with Crippen LogP contribution in [0.15, 0.2) is 59.5 Å². The molecule has 2 aromatic rings. The maximum absolute atomic E-state index is 14.1. The van der Waals surface area contributed by atoms with E-state index in [2.05, 4.69) is 16.7 Å². The number of nitrogens with zero attached hydrogens (tertiary/aromatic N) is 2. The van der Waals surface area contributed by atoms with E-state index in [1.807, 2.05) is 44.2 Å². The first kappa shape index (κ1) is 34.3. The molecule has 45 heavy (non-hydrogen) atoms. The van der Waals surface area contributed by atoms with Crippen LogP contribution >= 0.6 is 0 Å². The van der Waals surface area contributed by atoms with E-state index in [0.29, 0.717) is 25.1 Å². The van der Waals surface area contributed by atoms with Crippen LogP contribution in [0.25, 0.3) is 0 Å². The zero-order valence-electron chi connectivity index (χ0n) is 25.8. The third-order valence-corrected chi connectivity index (χ3v) is 9.82. The normalized spacial score (nSPS) is 21.0. The van der Waals surface area contributed by atoms with Gasteiger partial charge in [0.05, 0.1) is 42.2 Å². The number of rotatable bonds is 14. The molecular formula is C32H42N4O8S. The molecule has 2 amide bonds. The van der Waals surface area contributed by atoms with Crippen LogP contribution < -0.4 is 10.6 Å². The standard InChI is InChI=1S/C32H42N4O8S/c1-22(37)34-24-11-7-12-25(18-24)45(40,41)36(21-32(2,3)14-8-15-33)19-28(38)27(17-23-9-5-4-6-10-23)35-31(39)44-29-20-43-30-26(29)13-16-42-30/h4-7,9-12,18,26-30,38H,8,13-14,16-17,19-21H2,1-3H3,(H,34,37)(H,35,39)/t26-,27-,28+,29-,30+/m0/s1. The largest absolute Gasteiger partial charge is 0.443 e. The SMILES string of the molecule is CC(=O)Nc1cccc(S(=O)(=O)N(C[C@@H](O)[C@H](Cc2ccccc2)NC(=O)O[C@H]2CO[C@H]3OCC[C@H]32)CC(C)(C)CCC#N)c1. The first-order valence-electron chi connectivity index (χ1n) is 15.0. The monoisotopic (exact) mass is 642 g/mol. The van der Waals surface area contributed by atoms with Crippen molar-refractivity contribution >= 4 is 27.7 Å². The molecule has 244 valence electrons. The molecule has 2 heterocycles. The number of fused-ring (bicyclic) bond motifs is 1. The van der Waals surface area contributed by atoms with Crippen molar-refractivity contribution in [2.45, 2.75) is 75.9 Å². The number of nitriles is 1. The number of sulfonamides is 1. The quantitative estimate of drug-likeness (QED) is 0.280. The molecule has 0 aliphatic carbocycles. The second kappa shape index (κ2) is 15.2. The Labute approximate surface area is 264 Å². The molecule has 2 saturated heterocycles. The van der Waals surface area contributed by atoms with Crippen LogP contribution in [-0.4, -0.2) is 80.7 Å². The second-order valence-electron chi connectivity index (χ2n) is 12.3. The molecule has 2 aromatic carbocycles. The molecule has 12 nitrogen and oxygen atoms in total. The lowest BCUT2D eigenvalue weighted by Gasteiger charge is -2.35. The van der Waals surface area contributed by atoms with E-state index < -0.39 is 46.1 Å². The van der Waals surface area contributed by atoms with Crippen LogP contribution in [0.3, 0.4) is 0 Å². The molecule has 5 atom stereocenters. The van der Waals surface area contributed by atoms with Gasteiger partial charge in [0.1, 0.15) is 6.10 Å². The van der Waals surface area contributed by atoms with E-state index in [4.69, 9.17) is 14.2 Å². The van der Waals surface area contributed by atoms with Crippen LogP contribution in [0.5, 0.6) is 0 Å². The molecule has 4 rings (SSSR count). The zero-order chi connectivity index (χ0) is 32.6. The molecular weight excluding hydrogens is 600 g/mol. The number of amides is 2. The number of hydrogen-bond acceptors (Lipinski definition) is 9. The van der Waals surface area contributed by atoms with Gasteiger partial charge in [-0.3, -0.25) is 4.79 Å². The van der Waals surface area contributed by atoms with Crippen molar-refractivity contribution < 1.29 is 37.3 Å². The third kappa shape index (κ3) is 9.48. The molecule has 13 heteroatoms. The topological polar surface area (TPSA) is 167 Å². The third-order valence-electron chi connectivity index (χ3n) is 8.01. The Balaban J connectivity index is 1.59. The van der Waals surface area contributed by atoms with Crippen LogP contribution in [0.1, 0.15) is 45.6 Å². The number of alkyl carbamates (subject to hydrolysis) is 1. The zero-order valence-corrected chi connectivity index (χ0v) is 26.7. The molecule has 3 N–H and O–H groups in total. The molecule has 0 spiro atoms. The van der Waals surface area contributed by atoms with Crippen molar-refractivity contribution in [2.75, 3.05) is 31.6 Å². The Morgan fingerprint density at radius 2 is 1.93 bits per heavy atom. The van der Waals surface area contributed by atoms with Gasteiger partial charge in [0, 0.05) is 32.1 Å². The molecule has 0 radical (unpaired) electrons.